The highest BCUT2D eigenvalue weighted by atomic mass is 32.1. The second-order valence-electron chi connectivity index (χ2n) is 9.18. The lowest BCUT2D eigenvalue weighted by molar-refractivity contribution is -0.136. The van der Waals surface area contributed by atoms with Crippen LogP contribution in [0.15, 0.2) is 54.1 Å². The number of aliphatic hydroxyl groups is 2. The van der Waals surface area contributed by atoms with Crippen LogP contribution in [0.3, 0.4) is 0 Å². The molecule has 1 aromatic heterocycles. The molecule has 1 amide bonds. The predicted octanol–water partition coefficient (Wildman–Crippen LogP) is 2.94. The molecule has 3 heterocycles. The van der Waals surface area contributed by atoms with Crippen LogP contribution in [0.1, 0.15) is 11.3 Å². The van der Waals surface area contributed by atoms with Crippen molar-refractivity contribution in [3.63, 3.8) is 0 Å². The second kappa shape index (κ2) is 11.4. The van der Waals surface area contributed by atoms with Gasteiger partial charge in [-0.3, -0.25) is 4.79 Å². The number of aliphatic hydroxyl groups excluding tert-OH is 2. The van der Waals surface area contributed by atoms with Crippen LogP contribution < -0.4 is 10.2 Å². The zero-order valence-corrected chi connectivity index (χ0v) is 21.1. The van der Waals surface area contributed by atoms with E-state index in [0.717, 1.165) is 47.0 Å². The number of hydrogen-bond donors (Lipinski definition) is 3. The molecule has 2 aliphatic rings. The Hall–Kier alpha value is -3.26. The van der Waals surface area contributed by atoms with Gasteiger partial charge in [0.1, 0.15) is 23.9 Å². The van der Waals surface area contributed by atoms with Crippen LogP contribution in [0.5, 0.6) is 0 Å². The van der Waals surface area contributed by atoms with Crippen molar-refractivity contribution in [2.45, 2.75) is 24.7 Å². The lowest BCUT2D eigenvalue weighted by atomic mass is 10.0. The molecule has 2 saturated heterocycles. The van der Waals surface area contributed by atoms with E-state index < -0.39 is 24.2 Å². The monoisotopic (exact) mass is 519 g/mol. The van der Waals surface area contributed by atoms with E-state index in [4.69, 9.17) is 9.47 Å². The summed E-state index contributed by atoms with van der Waals surface area (Å²) in [4.78, 5) is 16.7. The van der Waals surface area contributed by atoms with E-state index in [-0.39, 0.29) is 12.1 Å². The van der Waals surface area contributed by atoms with Gasteiger partial charge < -0.3 is 29.9 Å². The molecule has 5 rings (SSSR count). The zero-order valence-electron chi connectivity index (χ0n) is 20.3. The summed E-state index contributed by atoms with van der Waals surface area (Å²) in [6.45, 7) is 3.62. The Labute approximate surface area is 219 Å². The summed E-state index contributed by atoms with van der Waals surface area (Å²) in [6.07, 6.45) is -0.752. The van der Waals surface area contributed by atoms with Crippen LogP contribution in [0.4, 0.5) is 5.69 Å². The van der Waals surface area contributed by atoms with Crippen molar-refractivity contribution in [1.29, 1.82) is 5.26 Å². The van der Waals surface area contributed by atoms with E-state index in [0.29, 0.717) is 13.0 Å². The molecule has 192 valence electrons. The van der Waals surface area contributed by atoms with E-state index in [9.17, 15) is 20.3 Å². The third-order valence-electron chi connectivity index (χ3n) is 6.75. The second-order valence-corrected chi connectivity index (χ2v) is 10.3. The van der Waals surface area contributed by atoms with E-state index in [2.05, 4.69) is 46.6 Å². The van der Waals surface area contributed by atoms with E-state index in [1.165, 1.54) is 22.4 Å². The van der Waals surface area contributed by atoms with Gasteiger partial charge in [0.2, 0.25) is 0 Å². The number of hydrogen-bond acceptors (Lipinski definition) is 8. The average molecular weight is 520 g/mol. The number of nitrogens with zero attached hydrogens (tertiary/aromatic N) is 2. The third-order valence-corrected chi connectivity index (χ3v) is 7.83. The highest BCUT2D eigenvalue weighted by molar-refractivity contribution is 7.16. The smallest absolute Gasteiger partial charge is 0.262 e. The average Bonchev–Trinajstić information content (AvgIpc) is 3.41. The van der Waals surface area contributed by atoms with E-state index in [1.54, 1.807) is 6.08 Å². The minimum absolute atomic E-state index is 0.0100. The van der Waals surface area contributed by atoms with Gasteiger partial charge in [-0.15, -0.1) is 11.3 Å². The highest BCUT2D eigenvalue weighted by Gasteiger charge is 2.31. The van der Waals surface area contributed by atoms with Crippen molar-refractivity contribution in [2.24, 2.45) is 0 Å². The van der Waals surface area contributed by atoms with Gasteiger partial charge in [0.25, 0.3) is 5.91 Å². The Morgan fingerprint density at radius 1 is 1.11 bits per heavy atom. The molecule has 3 N–H and O–H groups in total. The maximum Gasteiger partial charge on any atom is 0.262 e. The summed E-state index contributed by atoms with van der Waals surface area (Å²) < 4.78 is 10.9. The first-order chi connectivity index (χ1) is 18.0. The minimum atomic E-state index is -1.07. The highest BCUT2D eigenvalue weighted by Crippen LogP contribution is 2.33. The van der Waals surface area contributed by atoms with Gasteiger partial charge in [0.15, 0.2) is 0 Å². The molecule has 9 heteroatoms. The van der Waals surface area contributed by atoms with E-state index in [1.807, 2.05) is 18.2 Å². The van der Waals surface area contributed by atoms with Crippen LogP contribution in [0, 0.1) is 11.3 Å². The normalized spacial score (nSPS) is 22.6. The molecule has 37 heavy (non-hydrogen) atoms. The Balaban J connectivity index is 1.27. The topological polar surface area (TPSA) is 115 Å². The number of fused-ring (bicyclic) bond motifs is 1. The first-order valence-electron chi connectivity index (χ1n) is 12.4. The molecule has 0 radical (unpaired) electrons. The van der Waals surface area contributed by atoms with Gasteiger partial charge >= 0.3 is 0 Å². The molecule has 3 aromatic rings. The van der Waals surface area contributed by atoms with Crippen molar-refractivity contribution in [3.05, 3.63) is 59.0 Å². The van der Waals surface area contributed by atoms with Crippen molar-refractivity contribution < 1.29 is 24.5 Å². The van der Waals surface area contributed by atoms with Crippen molar-refractivity contribution in [3.8, 4) is 16.5 Å². The summed E-state index contributed by atoms with van der Waals surface area (Å²) in [5.41, 5.74) is 2.24. The van der Waals surface area contributed by atoms with Gasteiger partial charge in [-0.2, -0.15) is 5.26 Å². The third kappa shape index (κ3) is 5.85. The van der Waals surface area contributed by atoms with Gasteiger partial charge in [0.05, 0.1) is 19.3 Å². The Morgan fingerprint density at radius 2 is 1.89 bits per heavy atom. The van der Waals surface area contributed by atoms with Crippen LogP contribution in [0.2, 0.25) is 0 Å². The molecule has 2 aromatic carbocycles. The molecule has 0 aliphatic carbocycles. The zero-order chi connectivity index (χ0) is 25.8. The lowest BCUT2D eigenvalue weighted by Gasteiger charge is -2.31. The van der Waals surface area contributed by atoms with Crippen molar-refractivity contribution >= 4 is 39.8 Å². The lowest BCUT2D eigenvalue weighted by Crippen LogP contribution is -2.50. The van der Waals surface area contributed by atoms with E-state index >= 15 is 0 Å². The quantitative estimate of drug-likeness (QED) is 0.339. The molecule has 2 fully saturated rings. The predicted molar refractivity (Wildman–Crippen MR) is 143 cm³/mol. The number of rotatable bonds is 6. The summed E-state index contributed by atoms with van der Waals surface area (Å²) in [6, 6.07) is 18.7. The Kier molecular flexibility index (Phi) is 7.84. The number of anilines is 1. The molecule has 8 nitrogen and oxygen atoms in total. The number of morpholine rings is 1. The first kappa shape index (κ1) is 25.4. The standard InChI is InChI=1S/C28H29N3O5S/c29-16-21(28(34)30-17-25-27(33)24(32)7-10-36-25)15-23-5-6-26(37-23)20-2-1-19-14-22(4-3-18(19)13-20)31-8-11-35-12-9-31/h1-6,13-15,24-25,27,32-33H,7-12,17H2,(H,30,34)/b21-15+/t24-,25-,27+/m1/s1. The Bertz CT molecular complexity index is 1340. The molecule has 2 aliphatic heterocycles. The number of carbonyl (C=O) groups is 1. The number of nitrogens with one attached hydrogen (secondary N) is 1. The molecule has 0 unspecified atom stereocenters. The molecular formula is C28H29N3O5S. The fourth-order valence-electron chi connectivity index (χ4n) is 4.61. The molecule has 0 saturated carbocycles. The maximum absolute atomic E-state index is 12.6. The number of ether oxygens (including phenoxy) is 2. The SMILES string of the molecule is N#C/C(=C\c1ccc(-c2ccc3cc(N4CCOCC4)ccc3c2)s1)C(=O)NC[C@H]1OCC[C@@H](O)[C@@H]1O. The molecule has 0 bridgehead atoms. The fraction of sp³-hybridized carbons (Fsp3) is 0.357. The molecule has 3 atom stereocenters. The fourth-order valence-corrected chi connectivity index (χ4v) is 5.55. The minimum Gasteiger partial charge on any atom is -0.390 e. The van der Waals surface area contributed by atoms with Crippen LogP contribution in [-0.4, -0.2) is 73.9 Å². The van der Waals surface area contributed by atoms with Gasteiger partial charge in [-0.25, -0.2) is 0 Å². The Morgan fingerprint density at radius 3 is 2.70 bits per heavy atom. The van der Waals surface area contributed by atoms with Crippen LogP contribution >= 0.6 is 11.3 Å². The molecule has 0 spiro atoms. The molecular weight excluding hydrogens is 490 g/mol. The number of carbonyl (C=O) groups excluding carboxylic acids is 1. The summed E-state index contributed by atoms with van der Waals surface area (Å²) in [5, 5.41) is 34.3. The largest absolute Gasteiger partial charge is 0.390 e. The van der Waals surface area contributed by atoms with Gasteiger partial charge in [0, 0.05) is 41.7 Å². The first-order valence-corrected chi connectivity index (χ1v) is 13.2. The number of nitriles is 1. The number of benzene rings is 2. The van der Waals surface area contributed by atoms with Gasteiger partial charge in [-0.05, 0) is 59.2 Å². The van der Waals surface area contributed by atoms with Crippen molar-refractivity contribution in [1.82, 2.24) is 5.32 Å². The summed E-state index contributed by atoms with van der Waals surface area (Å²) in [7, 11) is 0. The van der Waals surface area contributed by atoms with Gasteiger partial charge in [-0.1, -0.05) is 18.2 Å². The van der Waals surface area contributed by atoms with Crippen molar-refractivity contribution in [2.75, 3.05) is 44.4 Å². The number of amides is 1. The summed E-state index contributed by atoms with van der Waals surface area (Å²) in [5.74, 6) is -0.546. The van der Waals surface area contributed by atoms with Crippen LogP contribution in [0.25, 0.3) is 27.3 Å². The summed E-state index contributed by atoms with van der Waals surface area (Å²) >= 11 is 1.50. The number of thiophene rings is 1. The van der Waals surface area contributed by atoms with Crippen LogP contribution in [-0.2, 0) is 14.3 Å². The maximum atomic E-state index is 12.6.